The second-order valence-corrected chi connectivity index (χ2v) is 30.1. The van der Waals surface area contributed by atoms with Crippen molar-refractivity contribution >= 4 is 35.7 Å². The lowest BCUT2D eigenvalue weighted by atomic mass is 9.77. The number of hydrogen-bond donors (Lipinski definition) is 1. The lowest BCUT2D eigenvalue weighted by Crippen LogP contribution is -2.63. The van der Waals surface area contributed by atoms with E-state index in [1.807, 2.05) is 0 Å². The summed E-state index contributed by atoms with van der Waals surface area (Å²) in [6.07, 6.45) is 14.4. The van der Waals surface area contributed by atoms with E-state index in [9.17, 15) is 0 Å². The van der Waals surface area contributed by atoms with E-state index in [0.717, 1.165) is 146 Å². The molecule has 4 aliphatic rings. The van der Waals surface area contributed by atoms with Crippen molar-refractivity contribution in [3.63, 3.8) is 0 Å². The molecule has 1 N–H and O–H groups in total. The molecule has 78 heavy (non-hydrogen) atoms. The summed E-state index contributed by atoms with van der Waals surface area (Å²) in [5.74, 6) is 4.55. The first-order valence-electron chi connectivity index (χ1n) is 30.9. The van der Waals surface area contributed by atoms with Crippen LogP contribution in [0.4, 0.5) is 35.7 Å². The van der Waals surface area contributed by atoms with Gasteiger partial charge in [0, 0.05) is 115 Å². The Hall–Kier alpha value is -3.34. The van der Waals surface area contributed by atoms with Crippen molar-refractivity contribution < 1.29 is 0 Å². The topological polar surface area (TPSA) is 119 Å². The first-order valence-corrected chi connectivity index (χ1v) is 30.9. The minimum Gasteiger partial charge on any atom is -0.354 e. The zero-order valence-corrected chi connectivity index (χ0v) is 55.0. The molecule has 2 aromatic rings. The molecular weight excluding hydrogens is 969 g/mol. The number of nitrogens with zero attached hydrogens (tertiary/aromatic N) is 15. The maximum absolute atomic E-state index is 5.56. The summed E-state index contributed by atoms with van der Waals surface area (Å²) < 4.78 is 0. The highest BCUT2D eigenvalue weighted by Gasteiger charge is 2.49. The van der Waals surface area contributed by atoms with Gasteiger partial charge in [0.2, 0.25) is 35.7 Å². The van der Waals surface area contributed by atoms with Crippen molar-refractivity contribution in [2.45, 2.75) is 290 Å². The summed E-state index contributed by atoms with van der Waals surface area (Å²) in [6, 6.07) is 1.12. The van der Waals surface area contributed by atoms with Crippen LogP contribution in [0.1, 0.15) is 221 Å². The van der Waals surface area contributed by atoms with Gasteiger partial charge in [-0.1, -0.05) is 33.6 Å². The van der Waals surface area contributed by atoms with Gasteiger partial charge in [-0.3, -0.25) is 19.6 Å². The first kappa shape index (κ1) is 63.8. The van der Waals surface area contributed by atoms with Crippen molar-refractivity contribution in [2.24, 2.45) is 0 Å². The fourth-order valence-corrected chi connectivity index (χ4v) is 14.7. The number of rotatable bonds is 22. The molecule has 16 heteroatoms. The maximum Gasteiger partial charge on any atom is 0.232 e. The number of hydrogen-bond acceptors (Lipinski definition) is 16. The van der Waals surface area contributed by atoms with E-state index in [0.29, 0.717) is 12.5 Å². The second-order valence-electron chi connectivity index (χ2n) is 30.1. The molecule has 16 nitrogen and oxygen atoms in total. The Morgan fingerprint density at radius 1 is 0.372 bits per heavy atom. The molecule has 0 unspecified atom stereocenters. The molecule has 4 saturated heterocycles. The van der Waals surface area contributed by atoms with Crippen molar-refractivity contribution in [1.82, 2.24) is 49.5 Å². The van der Waals surface area contributed by atoms with Crippen molar-refractivity contribution in [3.8, 4) is 0 Å². The van der Waals surface area contributed by atoms with E-state index >= 15 is 0 Å². The molecule has 6 heterocycles. The van der Waals surface area contributed by atoms with Gasteiger partial charge in [0.25, 0.3) is 0 Å². The number of piperidine rings is 4. The van der Waals surface area contributed by atoms with Crippen LogP contribution in [-0.2, 0) is 0 Å². The highest BCUT2D eigenvalue weighted by Crippen LogP contribution is 2.44. The predicted molar refractivity (Wildman–Crippen MR) is 332 cm³/mol. The zero-order valence-electron chi connectivity index (χ0n) is 55.0. The largest absolute Gasteiger partial charge is 0.354 e. The number of nitrogens with one attached hydrogen (secondary N) is 1. The smallest absolute Gasteiger partial charge is 0.232 e. The van der Waals surface area contributed by atoms with Crippen LogP contribution in [0.2, 0.25) is 0 Å². The first-order chi connectivity index (χ1) is 35.9. The molecule has 0 amide bonds. The van der Waals surface area contributed by atoms with Crippen molar-refractivity contribution in [3.05, 3.63) is 0 Å². The molecule has 0 spiro atoms. The molecule has 2 aromatic heterocycles. The Labute approximate surface area is 478 Å². The summed E-state index contributed by atoms with van der Waals surface area (Å²) in [5, 5.41) is 3.80. The highest BCUT2D eigenvalue weighted by molar-refractivity contribution is 5.49. The van der Waals surface area contributed by atoms with Crippen molar-refractivity contribution in [2.75, 3.05) is 105 Å². The van der Waals surface area contributed by atoms with E-state index in [2.05, 4.69) is 223 Å². The summed E-state index contributed by atoms with van der Waals surface area (Å²) in [6.45, 7) is 49.3. The summed E-state index contributed by atoms with van der Waals surface area (Å²) in [7, 11) is 13.6. The fourth-order valence-electron chi connectivity index (χ4n) is 14.7. The van der Waals surface area contributed by atoms with Crippen molar-refractivity contribution in [1.29, 1.82) is 0 Å². The SMILES string of the molecule is CCCCN(c1nc(NCCCN(CCC)c2nc(N(C)C3CC(C)(C)N(C)C(C)(C)C3)nc(N(CCCC)C3CC(C)(C)N(C)C(C)(C)C3)n2)nc(N(C)C2CC(C)(C)N(C)C(C)(C)C2)n1)C1CC(C)(C)N(C)C(C)(C)C1. The Kier molecular flexibility index (Phi) is 19.5. The quantitative estimate of drug-likeness (QED) is 0.113. The molecule has 0 aromatic carbocycles. The minimum absolute atomic E-state index is 0.0175. The molecular formula is C62H118N16. The number of likely N-dealkylation sites (tertiary alicyclic amines) is 4. The molecule has 446 valence electrons. The summed E-state index contributed by atoms with van der Waals surface area (Å²) in [5.41, 5.74) is 0.146. The number of aromatic nitrogens is 6. The van der Waals surface area contributed by atoms with Gasteiger partial charge in [-0.25, -0.2) is 0 Å². The zero-order chi connectivity index (χ0) is 58.4. The van der Waals surface area contributed by atoms with Gasteiger partial charge >= 0.3 is 0 Å². The second kappa shape index (κ2) is 23.9. The molecule has 0 atom stereocenters. The molecule has 4 fully saturated rings. The molecule has 0 bridgehead atoms. The van der Waals surface area contributed by atoms with E-state index in [-0.39, 0.29) is 68.5 Å². The Morgan fingerprint density at radius 2 is 0.667 bits per heavy atom. The van der Waals surface area contributed by atoms with Crippen LogP contribution in [0, 0.1) is 0 Å². The lowest BCUT2D eigenvalue weighted by molar-refractivity contribution is -0.0133. The van der Waals surface area contributed by atoms with Crippen LogP contribution in [0.15, 0.2) is 0 Å². The number of unbranched alkanes of at least 4 members (excludes halogenated alkanes) is 2. The van der Waals surface area contributed by atoms with Gasteiger partial charge in [-0.05, 0) is 216 Å². The third-order valence-electron chi connectivity index (χ3n) is 20.6. The maximum atomic E-state index is 5.56. The highest BCUT2D eigenvalue weighted by atomic mass is 15.4. The monoisotopic (exact) mass is 1090 g/mol. The standard InChI is InChI=1S/C62H118N16/c1-26-29-35-77(47-41-59(12,13)74(24)60(14,15)42-47)53-65-49(64-50(67-53)70(20)45-37-55(4,5)72(22)56(6,7)38-45)63-32-31-34-76(33-28-3)52-66-51(71(21)46-39-57(8,9)73(23)58(10,11)40-46)68-54(69-52)78(36-30-27-2)48-43-61(16,17)75(25)62(18,19)44-48/h45-48H,26-44H2,1-25H3,(H,63,64,65,67). The predicted octanol–water partition coefficient (Wildman–Crippen LogP) is 11.5. The van der Waals surface area contributed by atoms with Crippen LogP contribution in [0.3, 0.4) is 0 Å². The molecule has 0 aliphatic carbocycles. The Bertz CT molecular complexity index is 2200. The third-order valence-corrected chi connectivity index (χ3v) is 20.6. The summed E-state index contributed by atoms with van der Waals surface area (Å²) in [4.78, 5) is 55.4. The van der Waals surface area contributed by atoms with E-state index < -0.39 is 0 Å². The lowest BCUT2D eigenvalue weighted by Gasteiger charge is -2.55. The van der Waals surface area contributed by atoms with Crippen LogP contribution in [0.5, 0.6) is 0 Å². The number of anilines is 6. The Balaban J connectivity index is 1.37. The van der Waals surface area contributed by atoms with E-state index in [1.54, 1.807) is 0 Å². The fraction of sp³-hybridized carbons (Fsp3) is 0.903. The van der Waals surface area contributed by atoms with Gasteiger partial charge < -0.3 is 29.8 Å². The normalized spacial score (nSPS) is 23.8. The average Bonchev–Trinajstić information content (AvgIpc) is 3.33. The molecule has 6 rings (SSSR count). The van der Waals surface area contributed by atoms with Gasteiger partial charge in [0.15, 0.2) is 0 Å². The van der Waals surface area contributed by atoms with Gasteiger partial charge in [0.05, 0.1) is 0 Å². The van der Waals surface area contributed by atoms with E-state index in [4.69, 9.17) is 29.9 Å². The summed E-state index contributed by atoms with van der Waals surface area (Å²) >= 11 is 0. The van der Waals surface area contributed by atoms with Crippen LogP contribution in [-0.4, -0.2) is 193 Å². The third kappa shape index (κ3) is 14.1. The van der Waals surface area contributed by atoms with E-state index in [1.165, 1.54) is 0 Å². The molecule has 4 aliphatic heterocycles. The minimum atomic E-state index is 0.0175. The van der Waals surface area contributed by atoms with Gasteiger partial charge in [0.1, 0.15) is 0 Å². The molecule has 0 saturated carbocycles. The van der Waals surface area contributed by atoms with Gasteiger partial charge in [-0.2, -0.15) is 29.9 Å². The average molecular weight is 1090 g/mol. The van der Waals surface area contributed by atoms with Crippen LogP contribution in [0.25, 0.3) is 0 Å². The van der Waals surface area contributed by atoms with Crippen LogP contribution < -0.4 is 29.8 Å². The molecule has 0 radical (unpaired) electrons. The Morgan fingerprint density at radius 3 is 1.01 bits per heavy atom. The van der Waals surface area contributed by atoms with Crippen LogP contribution >= 0.6 is 0 Å². The van der Waals surface area contributed by atoms with Gasteiger partial charge in [-0.15, -0.1) is 0 Å².